The normalized spacial score (nSPS) is 10.0. The van der Waals surface area contributed by atoms with E-state index in [2.05, 4.69) is 23.5 Å². The maximum Gasteiger partial charge on any atom is 0.273 e. The predicted molar refractivity (Wildman–Crippen MR) is 84.2 cm³/mol. The highest BCUT2D eigenvalue weighted by Gasteiger charge is 2.17. The first-order chi connectivity index (χ1) is 10.6. The molecule has 0 fully saturated rings. The van der Waals surface area contributed by atoms with Crippen molar-refractivity contribution in [3.05, 3.63) is 43.2 Å². The number of aromatic nitrogens is 1. The summed E-state index contributed by atoms with van der Waals surface area (Å²) in [6, 6.07) is 0. The van der Waals surface area contributed by atoms with Gasteiger partial charge in [0.05, 0.1) is 6.54 Å². The molecule has 0 aliphatic carbocycles. The summed E-state index contributed by atoms with van der Waals surface area (Å²) in [5.41, 5.74) is 0.191. The van der Waals surface area contributed by atoms with Gasteiger partial charge >= 0.3 is 0 Å². The number of unbranched alkanes of at least 4 members (excludes halogenated alkanes) is 1. The first-order valence-electron chi connectivity index (χ1n) is 7.34. The lowest BCUT2D eigenvalue weighted by Gasteiger charge is -2.19. The fourth-order valence-electron chi connectivity index (χ4n) is 1.80. The number of oxazole rings is 1. The molecule has 1 aromatic heterocycles. The average molecular weight is 305 g/mol. The second-order valence-corrected chi connectivity index (χ2v) is 4.79. The van der Waals surface area contributed by atoms with Crippen LogP contribution in [0.5, 0.6) is 0 Å². The van der Waals surface area contributed by atoms with E-state index in [4.69, 9.17) is 4.42 Å². The molecule has 0 aliphatic rings. The van der Waals surface area contributed by atoms with Crippen LogP contribution >= 0.6 is 0 Å². The Morgan fingerprint density at radius 1 is 1.41 bits per heavy atom. The highest BCUT2D eigenvalue weighted by molar-refractivity contribution is 5.91. The van der Waals surface area contributed by atoms with E-state index < -0.39 is 0 Å². The monoisotopic (exact) mass is 305 g/mol. The van der Waals surface area contributed by atoms with Gasteiger partial charge in [-0.05, 0) is 6.42 Å². The van der Waals surface area contributed by atoms with Gasteiger partial charge < -0.3 is 14.6 Å². The third-order valence-corrected chi connectivity index (χ3v) is 2.96. The minimum Gasteiger partial charge on any atom is -0.446 e. The molecular formula is C16H23N3O3. The molecule has 22 heavy (non-hydrogen) atoms. The topological polar surface area (TPSA) is 75.4 Å². The number of hydrogen-bond donors (Lipinski definition) is 1. The van der Waals surface area contributed by atoms with Crippen molar-refractivity contribution in [2.45, 2.75) is 32.7 Å². The van der Waals surface area contributed by atoms with E-state index in [0.717, 1.165) is 12.8 Å². The van der Waals surface area contributed by atoms with E-state index in [1.807, 2.05) is 6.92 Å². The van der Waals surface area contributed by atoms with Crippen LogP contribution in [0.1, 0.15) is 42.6 Å². The van der Waals surface area contributed by atoms with Crippen molar-refractivity contribution >= 4 is 11.8 Å². The number of nitrogens with one attached hydrogen (secondary N) is 1. The summed E-state index contributed by atoms with van der Waals surface area (Å²) in [5.74, 6) is 0.0236. The lowest BCUT2D eigenvalue weighted by atomic mass is 10.2. The third kappa shape index (κ3) is 5.55. The second-order valence-electron chi connectivity index (χ2n) is 4.79. The molecule has 0 bridgehead atoms. The van der Waals surface area contributed by atoms with Crippen LogP contribution in [0.4, 0.5) is 0 Å². The van der Waals surface area contributed by atoms with Crippen LogP contribution in [0.2, 0.25) is 0 Å². The van der Waals surface area contributed by atoms with E-state index >= 15 is 0 Å². The fraction of sp³-hybridized carbons (Fsp3) is 0.438. The van der Waals surface area contributed by atoms with Gasteiger partial charge in [-0.15, -0.1) is 13.2 Å². The van der Waals surface area contributed by atoms with Gasteiger partial charge in [0.25, 0.3) is 5.91 Å². The van der Waals surface area contributed by atoms with E-state index in [1.165, 1.54) is 6.26 Å². The Hall–Kier alpha value is -2.37. The Labute approximate surface area is 130 Å². The third-order valence-electron chi connectivity index (χ3n) is 2.96. The molecule has 0 unspecified atom stereocenters. The molecule has 0 saturated carbocycles. The second kappa shape index (κ2) is 9.55. The summed E-state index contributed by atoms with van der Waals surface area (Å²) >= 11 is 0. The van der Waals surface area contributed by atoms with E-state index in [1.54, 1.807) is 17.1 Å². The van der Waals surface area contributed by atoms with Crippen molar-refractivity contribution in [3.8, 4) is 0 Å². The van der Waals surface area contributed by atoms with Crippen molar-refractivity contribution in [1.82, 2.24) is 15.2 Å². The van der Waals surface area contributed by atoms with Crippen LogP contribution in [0.3, 0.4) is 0 Å². The largest absolute Gasteiger partial charge is 0.446 e. The zero-order valence-electron chi connectivity index (χ0n) is 13.0. The molecular weight excluding hydrogens is 282 g/mol. The van der Waals surface area contributed by atoms with Crippen LogP contribution in [0, 0.1) is 0 Å². The van der Waals surface area contributed by atoms with Crippen molar-refractivity contribution in [1.29, 1.82) is 0 Å². The van der Waals surface area contributed by atoms with Crippen LogP contribution in [-0.2, 0) is 11.3 Å². The maximum absolute atomic E-state index is 12.1. The van der Waals surface area contributed by atoms with Gasteiger partial charge in [-0.25, -0.2) is 4.98 Å². The molecule has 6 heteroatoms. The lowest BCUT2D eigenvalue weighted by molar-refractivity contribution is -0.131. The standard InChI is InChI=1S/C16H23N3O3/c1-4-7-8-15(20)19(10-6-3)11-14-18-13(12-22-14)16(21)17-9-5-2/h5-6,12H,2-4,7-11H2,1H3,(H,17,21). The number of hydrogen-bond acceptors (Lipinski definition) is 4. The molecule has 6 nitrogen and oxygen atoms in total. The summed E-state index contributed by atoms with van der Waals surface area (Å²) in [6.07, 6.45) is 6.81. The Bertz CT molecular complexity index is 522. The van der Waals surface area contributed by atoms with Crippen LogP contribution in [0.25, 0.3) is 0 Å². The molecule has 0 saturated heterocycles. The molecule has 1 heterocycles. The Kier molecular flexibility index (Phi) is 7.67. The number of carbonyl (C=O) groups is 2. The van der Waals surface area contributed by atoms with Gasteiger partial charge in [-0.2, -0.15) is 0 Å². The van der Waals surface area contributed by atoms with Gasteiger partial charge in [-0.1, -0.05) is 25.5 Å². The maximum atomic E-state index is 12.1. The van der Waals surface area contributed by atoms with Crippen molar-refractivity contribution in [2.75, 3.05) is 13.1 Å². The first-order valence-corrected chi connectivity index (χ1v) is 7.34. The smallest absolute Gasteiger partial charge is 0.273 e. The minimum absolute atomic E-state index is 0.0256. The minimum atomic E-state index is -0.331. The molecule has 1 rings (SSSR count). The lowest BCUT2D eigenvalue weighted by Crippen LogP contribution is -2.30. The fourth-order valence-corrected chi connectivity index (χ4v) is 1.80. The highest BCUT2D eigenvalue weighted by Crippen LogP contribution is 2.09. The molecule has 0 atom stereocenters. The Morgan fingerprint density at radius 2 is 2.18 bits per heavy atom. The molecule has 1 aromatic rings. The van der Waals surface area contributed by atoms with Crippen LogP contribution in [0.15, 0.2) is 36.0 Å². The van der Waals surface area contributed by atoms with Gasteiger partial charge in [0.15, 0.2) is 5.69 Å². The summed E-state index contributed by atoms with van der Waals surface area (Å²) < 4.78 is 5.27. The van der Waals surface area contributed by atoms with Gasteiger partial charge in [0.2, 0.25) is 11.8 Å². The van der Waals surface area contributed by atoms with E-state index in [0.29, 0.717) is 25.4 Å². The molecule has 0 aromatic carbocycles. The Morgan fingerprint density at radius 3 is 2.82 bits per heavy atom. The van der Waals surface area contributed by atoms with Crippen LogP contribution in [-0.4, -0.2) is 34.8 Å². The zero-order chi connectivity index (χ0) is 16.4. The molecule has 0 radical (unpaired) electrons. The molecule has 0 spiro atoms. The van der Waals surface area contributed by atoms with Crippen molar-refractivity contribution in [2.24, 2.45) is 0 Å². The average Bonchev–Trinajstić information content (AvgIpc) is 2.98. The summed E-state index contributed by atoms with van der Waals surface area (Å²) in [4.78, 5) is 29.5. The van der Waals surface area contributed by atoms with Crippen molar-refractivity contribution < 1.29 is 14.0 Å². The summed E-state index contributed by atoms with van der Waals surface area (Å²) in [5, 5.41) is 2.61. The van der Waals surface area contributed by atoms with E-state index in [9.17, 15) is 9.59 Å². The number of amides is 2. The highest BCUT2D eigenvalue weighted by atomic mass is 16.3. The molecule has 2 amide bonds. The summed E-state index contributed by atoms with van der Waals surface area (Å²) in [6.45, 7) is 10.2. The van der Waals surface area contributed by atoms with Crippen molar-refractivity contribution in [3.63, 3.8) is 0 Å². The van der Waals surface area contributed by atoms with E-state index in [-0.39, 0.29) is 24.1 Å². The van der Waals surface area contributed by atoms with Crippen LogP contribution < -0.4 is 5.32 Å². The number of carbonyl (C=O) groups excluding carboxylic acids is 2. The van der Waals surface area contributed by atoms with Gasteiger partial charge in [0, 0.05) is 19.5 Å². The predicted octanol–water partition coefficient (Wildman–Crippen LogP) is 2.30. The zero-order valence-corrected chi connectivity index (χ0v) is 13.0. The quantitative estimate of drug-likeness (QED) is 0.673. The summed E-state index contributed by atoms with van der Waals surface area (Å²) in [7, 11) is 0. The van der Waals surface area contributed by atoms with Gasteiger partial charge in [0.1, 0.15) is 6.26 Å². The Balaban J connectivity index is 2.67. The molecule has 0 aliphatic heterocycles. The molecule has 120 valence electrons. The number of rotatable bonds is 10. The first kappa shape index (κ1) is 17.7. The number of nitrogens with zero attached hydrogens (tertiary/aromatic N) is 2. The molecule has 1 N–H and O–H groups in total. The van der Waals surface area contributed by atoms with Gasteiger partial charge in [-0.3, -0.25) is 9.59 Å². The SMILES string of the molecule is C=CCNC(=O)c1coc(CN(CC=C)C(=O)CCCC)n1.